The van der Waals surface area contributed by atoms with Crippen molar-refractivity contribution in [1.29, 1.82) is 0 Å². The molecule has 3 nitrogen and oxygen atoms in total. The Kier molecular flexibility index (Phi) is 4.77. The van der Waals surface area contributed by atoms with E-state index in [0.29, 0.717) is 6.61 Å². The van der Waals surface area contributed by atoms with Crippen LogP contribution in [0.25, 0.3) is 22.2 Å². The van der Waals surface area contributed by atoms with Crippen molar-refractivity contribution >= 4 is 16.9 Å². The molecule has 0 radical (unpaired) electrons. The lowest BCUT2D eigenvalue weighted by atomic mass is 10.1. The molecule has 0 N–H and O–H groups in total. The minimum Gasteiger partial charge on any atom is -0.466 e. The molecule has 0 saturated carbocycles. The number of ether oxygens (including phenoxy) is 1. The van der Waals surface area contributed by atoms with E-state index in [-0.39, 0.29) is 5.97 Å². The Labute approximate surface area is 136 Å². The van der Waals surface area contributed by atoms with E-state index < -0.39 is 0 Å². The van der Waals surface area contributed by atoms with Crippen molar-refractivity contribution in [2.75, 3.05) is 6.61 Å². The average Bonchev–Trinajstić information content (AvgIpc) is 2.94. The summed E-state index contributed by atoms with van der Waals surface area (Å²) in [5.41, 5.74) is 3.71. The molecule has 1 heterocycles. The number of nitrogens with zero attached hydrogens (tertiary/aromatic N) is 1. The molecular formula is C20H21NO2. The van der Waals surface area contributed by atoms with Gasteiger partial charge in [-0.25, -0.2) is 0 Å². The third kappa shape index (κ3) is 3.62. The number of aromatic nitrogens is 1. The summed E-state index contributed by atoms with van der Waals surface area (Å²) in [4.78, 5) is 10.8. The summed E-state index contributed by atoms with van der Waals surface area (Å²) >= 11 is 0. The number of hydrogen-bond donors (Lipinski definition) is 0. The van der Waals surface area contributed by atoms with E-state index in [2.05, 4.69) is 59.2 Å². The molecule has 0 amide bonds. The molecule has 0 atom stereocenters. The third-order valence-corrected chi connectivity index (χ3v) is 3.96. The Morgan fingerprint density at radius 1 is 1.00 bits per heavy atom. The Balaban J connectivity index is 1.83. The molecule has 0 saturated heterocycles. The second-order valence-corrected chi connectivity index (χ2v) is 5.65. The Morgan fingerprint density at radius 3 is 2.52 bits per heavy atom. The van der Waals surface area contributed by atoms with Crippen LogP contribution >= 0.6 is 0 Å². The highest BCUT2D eigenvalue weighted by Crippen LogP contribution is 2.28. The normalized spacial score (nSPS) is 10.8. The van der Waals surface area contributed by atoms with E-state index in [1.54, 1.807) is 0 Å². The monoisotopic (exact) mass is 307 g/mol. The number of aryl methyl sites for hydroxylation is 1. The first kappa shape index (κ1) is 15.3. The molecular weight excluding hydrogens is 286 g/mol. The topological polar surface area (TPSA) is 31.2 Å². The summed E-state index contributed by atoms with van der Waals surface area (Å²) < 4.78 is 7.38. The van der Waals surface area contributed by atoms with Crippen molar-refractivity contribution < 1.29 is 9.53 Å². The molecule has 0 aliphatic heterocycles. The largest absolute Gasteiger partial charge is 0.466 e. The van der Waals surface area contributed by atoms with E-state index in [0.717, 1.165) is 19.4 Å². The van der Waals surface area contributed by atoms with Gasteiger partial charge in [-0.2, -0.15) is 0 Å². The number of para-hydroxylation sites is 1. The minimum absolute atomic E-state index is 0.207. The van der Waals surface area contributed by atoms with Gasteiger partial charge in [0, 0.05) is 30.1 Å². The number of carbonyl (C=O) groups excluding carboxylic acids is 1. The highest BCUT2D eigenvalue weighted by molar-refractivity contribution is 5.87. The van der Waals surface area contributed by atoms with Crippen LogP contribution in [0, 0.1) is 0 Å². The van der Waals surface area contributed by atoms with Gasteiger partial charge in [0.25, 0.3) is 0 Å². The van der Waals surface area contributed by atoms with Crippen molar-refractivity contribution in [3.05, 3.63) is 60.7 Å². The zero-order valence-electron chi connectivity index (χ0n) is 13.4. The summed E-state index contributed by atoms with van der Waals surface area (Å²) in [6, 6.07) is 21.2. The highest BCUT2D eigenvalue weighted by atomic mass is 16.5. The van der Waals surface area contributed by atoms with Gasteiger partial charge in [0.15, 0.2) is 0 Å². The van der Waals surface area contributed by atoms with Gasteiger partial charge in [-0.1, -0.05) is 48.5 Å². The number of rotatable bonds is 6. The Bertz CT molecular complexity index is 790. The number of unbranched alkanes of at least 4 members (excludes halogenated alkanes) is 1. The summed E-state index contributed by atoms with van der Waals surface area (Å²) in [5.74, 6) is -0.207. The molecule has 1 aromatic heterocycles. The van der Waals surface area contributed by atoms with Gasteiger partial charge in [-0.15, -0.1) is 0 Å². The van der Waals surface area contributed by atoms with Crippen LogP contribution in [0.2, 0.25) is 0 Å². The first-order chi connectivity index (χ1) is 11.3. The van der Waals surface area contributed by atoms with Crippen LogP contribution in [-0.2, 0) is 16.1 Å². The quantitative estimate of drug-likeness (QED) is 0.490. The first-order valence-corrected chi connectivity index (χ1v) is 8.03. The van der Waals surface area contributed by atoms with Crippen molar-refractivity contribution in [2.24, 2.45) is 0 Å². The number of hydrogen-bond acceptors (Lipinski definition) is 2. The standard InChI is InChI=1S/C20H21NO2/c1-16(22)23-14-8-7-13-21-19-12-6-5-11-18(19)15-20(21)17-9-3-2-4-10-17/h2-6,9-12,15H,7-8,13-14H2,1H3. The molecule has 3 heteroatoms. The van der Waals surface area contributed by atoms with Gasteiger partial charge in [-0.3, -0.25) is 4.79 Å². The van der Waals surface area contributed by atoms with E-state index in [9.17, 15) is 4.79 Å². The predicted molar refractivity (Wildman–Crippen MR) is 93.2 cm³/mol. The molecule has 2 aromatic carbocycles. The van der Waals surface area contributed by atoms with Crippen LogP contribution in [0.4, 0.5) is 0 Å². The highest BCUT2D eigenvalue weighted by Gasteiger charge is 2.09. The number of benzene rings is 2. The van der Waals surface area contributed by atoms with E-state index in [1.807, 2.05) is 6.07 Å². The fourth-order valence-electron chi connectivity index (χ4n) is 2.89. The fraction of sp³-hybridized carbons (Fsp3) is 0.250. The molecule has 118 valence electrons. The zero-order chi connectivity index (χ0) is 16.1. The van der Waals surface area contributed by atoms with Crippen LogP contribution in [0.3, 0.4) is 0 Å². The molecule has 3 rings (SSSR count). The second-order valence-electron chi connectivity index (χ2n) is 5.65. The van der Waals surface area contributed by atoms with Crippen LogP contribution in [0.1, 0.15) is 19.8 Å². The lowest BCUT2D eigenvalue weighted by molar-refractivity contribution is -0.141. The first-order valence-electron chi connectivity index (χ1n) is 8.03. The van der Waals surface area contributed by atoms with Crippen molar-refractivity contribution in [3.8, 4) is 11.3 Å². The Morgan fingerprint density at radius 2 is 1.74 bits per heavy atom. The summed E-state index contributed by atoms with van der Waals surface area (Å²) in [7, 11) is 0. The van der Waals surface area contributed by atoms with Crippen molar-refractivity contribution in [1.82, 2.24) is 4.57 Å². The van der Waals surface area contributed by atoms with E-state index >= 15 is 0 Å². The smallest absolute Gasteiger partial charge is 0.302 e. The molecule has 0 aliphatic rings. The fourth-order valence-corrected chi connectivity index (χ4v) is 2.89. The maximum Gasteiger partial charge on any atom is 0.302 e. The van der Waals surface area contributed by atoms with Gasteiger partial charge in [0.1, 0.15) is 0 Å². The molecule has 0 unspecified atom stereocenters. The van der Waals surface area contributed by atoms with Crippen LogP contribution < -0.4 is 0 Å². The van der Waals surface area contributed by atoms with Gasteiger partial charge < -0.3 is 9.30 Å². The summed E-state index contributed by atoms with van der Waals surface area (Å²) in [5, 5.41) is 1.26. The van der Waals surface area contributed by atoms with Crippen LogP contribution in [-0.4, -0.2) is 17.1 Å². The lowest BCUT2D eigenvalue weighted by Crippen LogP contribution is -2.04. The number of fused-ring (bicyclic) bond motifs is 1. The molecule has 0 aliphatic carbocycles. The second kappa shape index (κ2) is 7.14. The number of carbonyl (C=O) groups is 1. The average molecular weight is 307 g/mol. The Hall–Kier alpha value is -2.55. The van der Waals surface area contributed by atoms with Gasteiger partial charge in [-0.05, 0) is 30.5 Å². The third-order valence-electron chi connectivity index (χ3n) is 3.96. The zero-order valence-corrected chi connectivity index (χ0v) is 13.4. The minimum atomic E-state index is -0.207. The SMILES string of the molecule is CC(=O)OCCCCn1c(-c2ccccc2)cc2ccccc21. The molecule has 0 fully saturated rings. The molecule has 3 aromatic rings. The lowest BCUT2D eigenvalue weighted by Gasteiger charge is -2.11. The van der Waals surface area contributed by atoms with E-state index in [4.69, 9.17) is 4.74 Å². The molecule has 0 spiro atoms. The van der Waals surface area contributed by atoms with Crippen molar-refractivity contribution in [2.45, 2.75) is 26.3 Å². The van der Waals surface area contributed by atoms with Gasteiger partial charge >= 0.3 is 5.97 Å². The maximum absolute atomic E-state index is 10.8. The van der Waals surface area contributed by atoms with Gasteiger partial charge in [0.2, 0.25) is 0 Å². The van der Waals surface area contributed by atoms with Gasteiger partial charge in [0.05, 0.1) is 6.61 Å². The van der Waals surface area contributed by atoms with Crippen LogP contribution in [0.5, 0.6) is 0 Å². The summed E-state index contributed by atoms with van der Waals surface area (Å²) in [6.07, 6.45) is 1.85. The predicted octanol–water partition coefficient (Wildman–Crippen LogP) is 4.65. The summed E-state index contributed by atoms with van der Waals surface area (Å²) in [6.45, 7) is 2.86. The molecule has 0 bridgehead atoms. The van der Waals surface area contributed by atoms with Crippen molar-refractivity contribution in [3.63, 3.8) is 0 Å². The maximum atomic E-state index is 10.8. The number of esters is 1. The van der Waals surface area contributed by atoms with Crippen LogP contribution in [0.15, 0.2) is 60.7 Å². The molecule has 23 heavy (non-hydrogen) atoms. The van der Waals surface area contributed by atoms with E-state index in [1.165, 1.54) is 29.1 Å².